The SMILES string of the molecule is COc1cc2cc(c1Cl)N(C)C(=O)C[C@@H](OC(=O)[C@H](C)N(C)C(=O)CCSC1CC(=O)N(CCC(=O)NCCCOCCOCCOCCCNC(=O)OC3CC/C=C/CCC3)C1=O)[C@]1(C)OC1[C@H](C)[C@@H]1CC(C/C=C\C=C(/C)C2)NC(=O)O1. The van der Waals surface area contributed by atoms with Crippen LogP contribution >= 0.6 is 23.4 Å². The number of fused-ring (bicyclic) bond motifs is 5. The molecule has 24 heteroatoms. The number of hydrogen-bond donors (Lipinski definition) is 3. The van der Waals surface area contributed by atoms with Crippen molar-refractivity contribution >= 4 is 76.7 Å². The highest BCUT2D eigenvalue weighted by atomic mass is 35.5. The summed E-state index contributed by atoms with van der Waals surface area (Å²) >= 11 is 7.98. The number of amides is 7. The molecule has 466 valence electrons. The number of nitrogens with one attached hydrogen (secondary N) is 3. The first kappa shape index (κ1) is 67.4. The fourth-order valence-electron chi connectivity index (χ4n) is 10.4. The number of carbonyl (C=O) groups excluding carboxylic acids is 8. The quantitative estimate of drug-likeness (QED) is 0.0216. The highest BCUT2D eigenvalue weighted by molar-refractivity contribution is 8.00. The first-order valence-electron chi connectivity index (χ1n) is 29.4. The summed E-state index contributed by atoms with van der Waals surface area (Å²) in [7, 11) is 4.53. The monoisotopic (exact) mass is 1210 g/mol. The number of benzene rings is 1. The van der Waals surface area contributed by atoms with Crippen LogP contribution in [0.15, 0.2) is 48.1 Å². The van der Waals surface area contributed by atoms with Crippen molar-refractivity contribution in [1.82, 2.24) is 25.8 Å². The Morgan fingerprint density at radius 2 is 1.62 bits per heavy atom. The van der Waals surface area contributed by atoms with Crippen LogP contribution in [0, 0.1) is 5.92 Å². The van der Waals surface area contributed by atoms with Crippen molar-refractivity contribution < 1.29 is 76.3 Å². The van der Waals surface area contributed by atoms with E-state index in [1.807, 2.05) is 44.2 Å². The minimum Gasteiger partial charge on any atom is -0.495 e. The summed E-state index contributed by atoms with van der Waals surface area (Å²) in [6, 6.07) is 2.32. The summed E-state index contributed by atoms with van der Waals surface area (Å²) in [5.74, 6) is -2.61. The van der Waals surface area contributed by atoms with Gasteiger partial charge in [-0.25, -0.2) is 14.4 Å². The molecule has 3 fully saturated rings. The van der Waals surface area contributed by atoms with E-state index in [4.69, 9.17) is 49.5 Å². The number of nitrogens with zero attached hydrogens (tertiary/aromatic N) is 3. The number of epoxide rings is 1. The Kier molecular flexibility index (Phi) is 27.2. The summed E-state index contributed by atoms with van der Waals surface area (Å²) < 4.78 is 46.1. The molecule has 0 radical (unpaired) electrons. The van der Waals surface area contributed by atoms with Crippen molar-refractivity contribution in [3.05, 3.63) is 58.7 Å². The molecule has 7 amide bonds. The van der Waals surface area contributed by atoms with Crippen LogP contribution < -0.4 is 25.6 Å². The number of hydrogen-bond acceptors (Lipinski definition) is 17. The number of anilines is 1. The van der Waals surface area contributed by atoms with Gasteiger partial charge in [-0.05, 0) is 96.3 Å². The van der Waals surface area contributed by atoms with E-state index < -0.39 is 70.9 Å². The molecule has 1 aromatic carbocycles. The van der Waals surface area contributed by atoms with Gasteiger partial charge in [0.15, 0.2) is 0 Å². The minimum absolute atomic E-state index is 0.0396. The van der Waals surface area contributed by atoms with Gasteiger partial charge in [0.2, 0.25) is 29.5 Å². The second-order valence-corrected chi connectivity index (χ2v) is 23.8. The van der Waals surface area contributed by atoms with E-state index in [0.717, 1.165) is 59.9 Å². The number of allylic oxidation sites excluding steroid dienone is 5. The fourth-order valence-corrected chi connectivity index (χ4v) is 11.9. The Bertz CT molecular complexity index is 2530. The van der Waals surface area contributed by atoms with Crippen molar-refractivity contribution in [2.24, 2.45) is 5.92 Å². The van der Waals surface area contributed by atoms with E-state index in [9.17, 15) is 38.4 Å². The molecule has 6 rings (SSSR count). The lowest BCUT2D eigenvalue weighted by atomic mass is 9.85. The highest BCUT2D eigenvalue weighted by Crippen LogP contribution is 2.49. The third kappa shape index (κ3) is 20.5. The van der Waals surface area contributed by atoms with Gasteiger partial charge in [-0.15, -0.1) is 11.8 Å². The lowest BCUT2D eigenvalue weighted by Gasteiger charge is -2.33. The molecule has 4 bridgehead atoms. The summed E-state index contributed by atoms with van der Waals surface area (Å²) in [5.41, 5.74) is 1.07. The number of methoxy groups -OCH3 is 1. The summed E-state index contributed by atoms with van der Waals surface area (Å²) in [6.45, 7) is 10.3. The number of carbonyl (C=O) groups is 8. The number of alkyl carbamates (subject to hydrolysis) is 2. The van der Waals surface area contributed by atoms with E-state index in [0.29, 0.717) is 96.3 Å². The van der Waals surface area contributed by atoms with Crippen LogP contribution in [0.2, 0.25) is 5.02 Å². The van der Waals surface area contributed by atoms with E-state index >= 15 is 0 Å². The number of likely N-dealkylation sites (tertiary alicyclic amines) is 1. The molecular formula is C60H87ClN6O16S. The molecule has 0 saturated carbocycles. The number of thioether (sulfide) groups is 1. The Hall–Kier alpha value is -5.72. The number of halogens is 1. The largest absolute Gasteiger partial charge is 0.495 e. The molecule has 4 aliphatic heterocycles. The van der Waals surface area contributed by atoms with Crippen LogP contribution in [0.5, 0.6) is 5.75 Å². The topological polar surface area (TPSA) is 260 Å². The van der Waals surface area contributed by atoms with Crippen molar-refractivity contribution in [2.75, 3.05) is 91.1 Å². The Morgan fingerprint density at radius 3 is 2.35 bits per heavy atom. The first-order chi connectivity index (χ1) is 40.3. The molecule has 4 unspecified atom stereocenters. The molecule has 0 spiro atoms. The van der Waals surface area contributed by atoms with Crippen molar-refractivity contribution in [3.8, 4) is 5.75 Å². The zero-order valence-electron chi connectivity index (χ0n) is 49.8. The van der Waals surface area contributed by atoms with Gasteiger partial charge in [0.05, 0.1) is 57.0 Å². The first-order valence-corrected chi connectivity index (χ1v) is 30.8. The molecule has 3 saturated heterocycles. The van der Waals surface area contributed by atoms with E-state index in [-0.39, 0.29) is 73.1 Å². The number of rotatable bonds is 26. The summed E-state index contributed by atoms with van der Waals surface area (Å²) in [6.07, 6.45) is 14.0. The van der Waals surface area contributed by atoms with Gasteiger partial charge < -0.3 is 63.6 Å². The van der Waals surface area contributed by atoms with Crippen LogP contribution in [0.25, 0.3) is 0 Å². The minimum atomic E-state index is -1.19. The molecule has 5 aliphatic rings. The smallest absolute Gasteiger partial charge is 0.407 e. The Labute approximate surface area is 503 Å². The molecular weight excluding hydrogens is 1130 g/mol. The predicted molar refractivity (Wildman–Crippen MR) is 316 cm³/mol. The zero-order valence-corrected chi connectivity index (χ0v) is 51.4. The molecule has 3 N–H and O–H groups in total. The highest BCUT2D eigenvalue weighted by Gasteiger charge is 2.64. The van der Waals surface area contributed by atoms with Crippen LogP contribution in [0.4, 0.5) is 15.3 Å². The van der Waals surface area contributed by atoms with Gasteiger partial charge in [-0.2, -0.15) is 0 Å². The Morgan fingerprint density at radius 1 is 0.917 bits per heavy atom. The number of ether oxygens (including phenoxy) is 8. The van der Waals surface area contributed by atoms with Gasteiger partial charge in [0, 0.05) is 90.3 Å². The summed E-state index contributed by atoms with van der Waals surface area (Å²) in [5, 5.41) is 7.96. The van der Waals surface area contributed by atoms with Gasteiger partial charge in [0.1, 0.15) is 40.7 Å². The Balaban J connectivity index is 0.879. The van der Waals surface area contributed by atoms with Gasteiger partial charge in [0.25, 0.3) is 0 Å². The fraction of sp³-hybridized carbons (Fsp3) is 0.667. The van der Waals surface area contributed by atoms with Gasteiger partial charge in [-0.1, -0.05) is 54.5 Å². The van der Waals surface area contributed by atoms with Crippen LogP contribution in [0.1, 0.15) is 117 Å². The zero-order chi connectivity index (χ0) is 60.8. The van der Waals surface area contributed by atoms with Crippen molar-refractivity contribution in [1.29, 1.82) is 0 Å². The molecule has 1 aliphatic carbocycles. The maximum Gasteiger partial charge on any atom is 0.407 e. The second-order valence-electron chi connectivity index (χ2n) is 22.1. The average molecular weight is 1220 g/mol. The van der Waals surface area contributed by atoms with Crippen molar-refractivity contribution in [3.63, 3.8) is 0 Å². The molecule has 22 nitrogen and oxygen atoms in total. The standard InChI is InChI=1S/C60H87ClN6O16S/c1-39-17-13-14-18-43-36-46(81-59(75)64-43)40(2)55-60(4,83-55)49(38-52(70)66(6)45-34-42(33-39)35-47(76-7)54(45)61)82-57(73)41(3)65(5)51(69)22-32-84-48-37-53(71)67(56(48)72)25-21-50(68)62-23-15-26-77-28-30-79-31-29-78-27-16-24-63-58(74)80-44-19-11-9-8-10-12-20-44/h8-9,13-14,17,34-35,40-41,43-44,46,48-49,55H,10-12,15-16,18-33,36-38H2,1-7H3,(H,62,68)(H,63,74)(H,64,75)/b9-8+,14-13-,39-17+/t40-,41+,43?,44?,46+,48?,49-,55?,60+/m1/s1. The maximum absolute atomic E-state index is 14.3. The normalized spacial score (nSPS) is 26.4. The lowest BCUT2D eigenvalue weighted by molar-refractivity contribution is -0.162. The van der Waals surface area contributed by atoms with E-state index in [1.165, 1.54) is 30.9 Å². The number of imide groups is 1. The molecule has 84 heavy (non-hydrogen) atoms. The van der Waals surface area contributed by atoms with Crippen LogP contribution in [-0.4, -0.2) is 191 Å². The van der Waals surface area contributed by atoms with Crippen LogP contribution in [0.3, 0.4) is 0 Å². The lowest BCUT2D eigenvalue weighted by Crippen LogP contribution is -2.49. The predicted octanol–water partition coefficient (Wildman–Crippen LogP) is 6.77. The molecule has 0 aromatic heterocycles. The second kappa shape index (κ2) is 33.8. The third-order valence-corrected chi connectivity index (χ3v) is 17.3. The number of likely N-dealkylation sites (N-methyl/N-ethyl adjacent to an activating group) is 1. The third-order valence-electron chi connectivity index (χ3n) is 15.7. The molecule has 9 atom stereocenters. The van der Waals surface area contributed by atoms with Crippen LogP contribution in [-0.2, 0) is 68.3 Å². The van der Waals surface area contributed by atoms with Crippen molar-refractivity contribution in [2.45, 2.75) is 165 Å². The average Bonchev–Trinajstić information content (AvgIpc) is 3.46. The van der Waals surface area contributed by atoms with Gasteiger partial charge >= 0.3 is 18.2 Å². The van der Waals surface area contributed by atoms with E-state index in [2.05, 4.69) is 28.1 Å². The van der Waals surface area contributed by atoms with Gasteiger partial charge in [-0.3, -0.25) is 28.9 Å². The number of esters is 1. The van der Waals surface area contributed by atoms with E-state index in [1.54, 1.807) is 14.0 Å². The maximum atomic E-state index is 14.3. The molecule has 4 heterocycles. The summed E-state index contributed by atoms with van der Waals surface area (Å²) in [4.78, 5) is 109. The molecule has 1 aromatic rings.